The molecule has 1 unspecified atom stereocenters. The zero-order chi connectivity index (χ0) is 37.9. The largest absolute Gasteiger partial charge is 0.456 e. The predicted molar refractivity (Wildman–Crippen MR) is 185 cm³/mol. The molecule has 1 amide bonds. The molecule has 0 aromatic heterocycles. The third kappa shape index (κ3) is 6.88. The van der Waals surface area contributed by atoms with Gasteiger partial charge in [-0.15, -0.1) is 0 Å². The Morgan fingerprint density at radius 3 is 2.27 bits per heavy atom. The Morgan fingerprint density at radius 1 is 1.06 bits per heavy atom. The van der Waals surface area contributed by atoms with Crippen LogP contribution in [0.25, 0.3) is 0 Å². The Bertz CT molecular complexity index is 1620. The molecule has 51 heavy (non-hydrogen) atoms. The van der Waals surface area contributed by atoms with Gasteiger partial charge in [-0.1, -0.05) is 56.2 Å². The Hall–Kier alpha value is -3.58. The summed E-state index contributed by atoms with van der Waals surface area (Å²) >= 11 is 0. The summed E-state index contributed by atoms with van der Waals surface area (Å²) in [5.74, 6) is -3.10. The number of allylic oxidation sites excluding steroid dienone is 1. The lowest BCUT2D eigenvalue weighted by atomic mass is 9.46. The number of nitrogens with one attached hydrogen (secondary N) is 1. The molecule has 3 fully saturated rings. The molecule has 2 bridgehead atoms. The fraction of sp³-hybridized carbons (Fsp3) is 0.641. The Balaban J connectivity index is 1.57. The average molecular weight is 712 g/mol. The Kier molecular flexibility index (Phi) is 10.2. The summed E-state index contributed by atoms with van der Waals surface area (Å²) in [7, 11) is 0. The van der Waals surface area contributed by atoms with Crippen molar-refractivity contribution in [2.45, 2.75) is 135 Å². The van der Waals surface area contributed by atoms with Crippen molar-refractivity contribution in [3.05, 3.63) is 58.7 Å². The van der Waals surface area contributed by atoms with Crippen LogP contribution in [-0.2, 0) is 28.5 Å². The minimum absolute atomic E-state index is 0.105. The molecule has 1 aromatic rings. The van der Waals surface area contributed by atoms with Gasteiger partial charge in [0.25, 0.3) is 0 Å². The van der Waals surface area contributed by atoms with Gasteiger partial charge in [-0.25, -0.2) is 14.4 Å². The number of hydrogen-bond acceptors (Lipinski definition) is 11. The van der Waals surface area contributed by atoms with Crippen LogP contribution in [0.5, 0.6) is 0 Å². The van der Waals surface area contributed by atoms with E-state index in [1.807, 2.05) is 0 Å². The van der Waals surface area contributed by atoms with E-state index >= 15 is 0 Å². The zero-order valence-corrected chi connectivity index (χ0v) is 31.1. The lowest BCUT2D eigenvalue weighted by Crippen LogP contribution is -2.77. The number of esters is 2. The first-order valence-corrected chi connectivity index (χ1v) is 17.6. The van der Waals surface area contributed by atoms with Crippen molar-refractivity contribution in [1.82, 2.24) is 5.32 Å². The first-order chi connectivity index (χ1) is 23.5. The summed E-state index contributed by atoms with van der Waals surface area (Å²) < 4.78 is 23.3. The highest BCUT2D eigenvalue weighted by molar-refractivity contribution is 5.91. The van der Waals surface area contributed by atoms with Crippen LogP contribution in [0, 0.1) is 16.7 Å². The fourth-order valence-corrected chi connectivity index (χ4v) is 8.58. The van der Waals surface area contributed by atoms with Gasteiger partial charge in [0.1, 0.15) is 34.8 Å². The van der Waals surface area contributed by atoms with Gasteiger partial charge in [-0.3, -0.25) is 4.79 Å². The molecule has 0 radical (unpaired) electrons. The number of aliphatic hydroxyl groups is 3. The smallest absolute Gasteiger partial charge is 0.408 e. The molecular formula is C39H53NO11. The quantitative estimate of drug-likeness (QED) is 0.180. The Labute approximate surface area is 299 Å². The van der Waals surface area contributed by atoms with Gasteiger partial charge < -0.3 is 39.6 Å². The number of alkyl carbamates (subject to hydrolysis) is 1. The molecule has 5 rings (SSSR count). The number of carbonyl (C=O) groups is 4. The third-order valence-corrected chi connectivity index (χ3v) is 11.5. The summed E-state index contributed by atoms with van der Waals surface area (Å²) in [5.41, 5.74) is -4.87. The SMILES string of the molecule is CC(C)=C[C@H](NC(=O)OC(C)(C)C)[C@@H](O)C(=O)O[C@H]1C[C@@]2(O)C(OC(=O)c3ccccc3)[C@@H]3[C@]4(O)CO[C@@H]4CC[C@@]3(C)C(=O)CC(=C1C)C2(C)C. The van der Waals surface area contributed by atoms with E-state index in [1.54, 1.807) is 92.6 Å². The summed E-state index contributed by atoms with van der Waals surface area (Å²) in [4.78, 5) is 54.7. The highest BCUT2D eigenvalue weighted by Crippen LogP contribution is 2.63. The molecule has 0 spiro atoms. The highest BCUT2D eigenvalue weighted by atomic mass is 16.6. The van der Waals surface area contributed by atoms with Crippen LogP contribution in [0.2, 0.25) is 0 Å². The van der Waals surface area contributed by atoms with Gasteiger partial charge in [0.05, 0.1) is 24.3 Å². The second kappa shape index (κ2) is 13.4. The van der Waals surface area contributed by atoms with Crippen molar-refractivity contribution in [3.8, 4) is 0 Å². The van der Waals surface area contributed by atoms with Crippen LogP contribution in [0.3, 0.4) is 0 Å². The lowest BCUT2D eigenvalue weighted by Gasteiger charge is -2.65. The third-order valence-electron chi connectivity index (χ3n) is 11.5. The number of carbonyl (C=O) groups excluding carboxylic acids is 4. The van der Waals surface area contributed by atoms with Crippen LogP contribution in [-0.4, -0.2) is 93.0 Å². The number of amides is 1. The first-order valence-electron chi connectivity index (χ1n) is 17.6. The van der Waals surface area contributed by atoms with Gasteiger partial charge in [-0.05, 0) is 72.1 Å². The first kappa shape index (κ1) is 38.6. The van der Waals surface area contributed by atoms with Crippen LogP contribution < -0.4 is 5.32 Å². The number of rotatable bonds is 7. The van der Waals surface area contributed by atoms with E-state index in [2.05, 4.69) is 5.32 Å². The second-order valence-electron chi connectivity index (χ2n) is 16.7. The molecule has 280 valence electrons. The van der Waals surface area contributed by atoms with Gasteiger partial charge in [0.2, 0.25) is 0 Å². The molecule has 1 heterocycles. The molecule has 4 N–H and O–H groups in total. The number of ether oxygens (including phenoxy) is 4. The topological polar surface area (TPSA) is 178 Å². The van der Waals surface area contributed by atoms with E-state index in [-0.39, 0.29) is 30.8 Å². The molecule has 3 aliphatic carbocycles. The van der Waals surface area contributed by atoms with Crippen molar-refractivity contribution in [1.29, 1.82) is 0 Å². The second-order valence-corrected chi connectivity index (χ2v) is 16.7. The van der Waals surface area contributed by atoms with E-state index < -0.39 is 82.0 Å². The van der Waals surface area contributed by atoms with Gasteiger partial charge in [0, 0.05) is 29.6 Å². The van der Waals surface area contributed by atoms with Crippen molar-refractivity contribution in [2.75, 3.05) is 6.61 Å². The van der Waals surface area contributed by atoms with E-state index in [1.165, 1.54) is 6.08 Å². The molecular weight excluding hydrogens is 658 g/mol. The van der Waals surface area contributed by atoms with E-state index in [0.717, 1.165) is 0 Å². The van der Waals surface area contributed by atoms with Crippen LogP contribution >= 0.6 is 0 Å². The standard InChI is InChI=1S/C39H53NO11/c1-21(2)17-25(40-34(45)51-35(4,5)6)29(42)33(44)49-26-19-39(47)31(50-32(43)23-13-11-10-12-14-23)30-37(9,16-15-28-38(30,46)20-48-28)27(41)18-24(22(26)3)36(39,7)8/h10-14,17,25-26,28-31,42,46-47H,15-16,18-20H2,1-9H3,(H,40,45)/t25-,26-,28+,29+,30-,31?,37-,38-,39+/m0/s1. The minimum Gasteiger partial charge on any atom is -0.456 e. The summed E-state index contributed by atoms with van der Waals surface area (Å²) in [6, 6.07) is 7.04. The maximum Gasteiger partial charge on any atom is 0.408 e. The van der Waals surface area contributed by atoms with Crippen molar-refractivity contribution >= 4 is 23.8 Å². The predicted octanol–water partition coefficient (Wildman–Crippen LogP) is 4.34. The van der Waals surface area contributed by atoms with Crippen LogP contribution in [0.4, 0.5) is 4.79 Å². The molecule has 1 saturated heterocycles. The minimum atomic E-state index is -1.99. The number of aliphatic hydroxyl groups excluding tert-OH is 1. The number of benzene rings is 1. The van der Waals surface area contributed by atoms with E-state index in [9.17, 15) is 34.5 Å². The zero-order valence-electron chi connectivity index (χ0n) is 31.1. The molecule has 1 aliphatic heterocycles. The van der Waals surface area contributed by atoms with Gasteiger partial charge in [-0.2, -0.15) is 0 Å². The Morgan fingerprint density at radius 2 is 1.71 bits per heavy atom. The number of ketones is 1. The maximum atomic E-state index is 14.5. The summed E-state index contributed by atoms with van der Waals surface area (Å²) in [6.45, 7) is 15.4. The van der Waals surface area contributed by atoms with Crippen LogP contribution in [0.15, 0.2) is 53.1 Å². The van der Waals surface area contributed by atoms with Crippen molar-refractivity contribution in [3.63, 3.8) is 0 Å². The van der Waals surface area contributed by atoms with Crippen LogP contribution in [0.1, 0.15) is 98.4 Å². The summed E-state index contributed by atoms with van der Waals surface area (Å²) in [6.07, 6.45) is -4.10. The summed E-state index contributed by atoms with van der Waals surface area (Å²) in [5, 5.41) is 39.1. The van der Waals surface area contributed by atoms with Crippen molar-refractivity contribution in [2.24, 2.45) is 16.7 Å². The molecule has 9 atom stereocenters. The molecule has 12 nitrogen and oxygen atoms in total. The fourth-order valence-electron chi connectivity index (χ4n) is 8.58. The monoisotopic (exact) mass is 711 g/mol. The normalized spacial score (nSPS) is 33.8. The molecule has 2 saturated carbocycles. The lowest BCUT2D eigenvalue weighted by molar-refractivity contribution is -0.328. The van der Waals surface area contributed by atoms with E-state index in [4.69, 9.17) is 18.9 Å². The number of hydrogen-bond donors (Lipinski definition) is 4. The van der Waals surface area contributed by atoms with E-state index in [0.29, 0.717) is 29.6 Å². The van der Waals surface area contributed by atoms with Gasteiger partial charge in [0.15, 0.2) is 6.10 Å². The average Bonchev–Trinajstić information content (AvgIpc) is 3.02. The van der Waals surface area contributed by atoms with Gasteiger partial charge >= 0.3 is 18.0 Å². The molecule has 12 heteroatoms. The van der Waals surface area contributed by atoms with Crippen molar-refractivity contribution < 1.29 is 53.4 Å². The number of Topliss-reactive ketones (excluding diaryl/α,β-unsaturated/α-hetero) is 1. The molecule has 4 aliphatic rings. The number of fused-ring (bicyclic) bond motifs is 5. The molecule has 1 aromatic carbocycles. The maximum absolute atomic E-state index is 14.5. The highest BCUT2D eigenvalue weighted by Gasteiger charge is 2.73.